The first-order valence-corrected chi connectivity index (χ1v) is 9.46. The van der Waals surface area contributed by atoms with Gasteiger partial charge in [-0.05, 0) is 36.8 Å². The molecule has 1 atom stereocenters. The van der Waals surface area contributed by atoms with Crippen molar-refractivity contribution in [2.75, 3.05) is 6.54 Å². The fourth-order valence-electron chi connectivity index (χ4n) is 4.43. The number of amides is 1. The third kappa shape index (κ3) is 2.81. The molecule has 7 heteroatoms. The highest BCUT2D eigenvalue weighted by molar-refractivity contribution is 5.78. The number of nitrogens with zero attached hydrogens (tertiary/aromatic N) is 3. The van der Waals surface area contributed by atoms with Gasteiger partial charge in [-0.15, -0.1) is 0 Å². The molecule has 3 heterocycles. The first-order chi connectivity index (χ1) is 13.1. The molecule has 0 unspecified atom stereocenters. The van der Waals surface area contributed by atoms with Crippen LogP contribution in [0.2, 0.25) is 0 Å². The van der Waals surface area contributed by atoms with Gasteiger partial charge in [-0.1, -0.05) is 6.92 Å². The number of imidazole rings is 1. The van der Waals surface area contributed by atoms with Crippen molar-refractivity contribution in [3.8, 4) is 0 Å². The van der Waals surface area contributed by atoms with Crippen LogP contribution in [0, 0.1) is 17.7 Å². The average molecular weight is 368 g/mol. The lowest BCUT2D eigenvalue weighted by Gasteiger charge is -2.37. The summed E-state index contributed by atoms with van der Waals surface area (Å²) in [6, 6.07) is 3.79. The van der Waals surface area contributed by atoms with E-state index < -0.39 is 6.04 Å². The smallest absolute Gasteiger partial charge is 0.224 e. The number of aromatic nitrogens is 3. The van der Waals surface area contributed by atoms with Gasteiger partial charge in [-0.25, -0.2) is 14.4 Å². The highest BCUT2D eigenvalue weighted by Crippen LogP contribution is 2.39. The fraction of sp³-hybridized carbons (Fsp3) is 0.450. The third-order valence-electron chi connectivity index (χ3n) is 5.78. The standard InChI is InChI=1S/C20H21FN4O2/c1-11-6-12(7-11)8-17(26)25-5-4-14-18(23-10-22-14)19(25)20-24-15-9-13(21)2-3-16(15)27-20/h2-3,9-12,19H,4-8H2,1H3,(H,22,23)/t11?,12?,19-/m0/s1. The van der Waals surface area contributed by atoms with Crippen LogP contribution >= 0.6 is 0 Å². The maximum atomic E-state index is 13.5. The number of H-pyrrole nitrogens is 1. The van der Waals surface area contributed by atoms with Crippen molar-refractivity contribution in [3.05, 3.63) is 47.6 Å². The van der Waals surface area contributed by atoms with Gasteiger partial charge in [-0.3, -0.25) is 4.79 Å². The number of fused-ring (bicyclic) bond motifs is 2. The van der Waals surface area contributed by atoms with E-state index in [0.29, 0.717) is 41.8 Å². The van der Waals surface area contributed by atoms with Crippen LogP contribution in [0.5, 0.6) is 0 Å². The molecule has 2 aromatic heterocycles. The Morgan fingerprint density at radius 2 is 2.26 bits per heavy atom. The van der Waals surface area contributed by atoms with Gasteiger partial charge >= 0.3 is 0 Å². The number of halogens is 1. The number of aromatic amines is 1. The minimum Gasteiger partial charge on any atom is -0.438 e. The van der Waals surface area contributed by atoms with Gasteiger partial charge in [-0.2, -0.15) is 0 Å². The average Bonchev–Trinajstić information content (AvgIpc) is 3.25. The number of rotatable bonds is 3. The normalized spacial score (nSPS) is 24.7. The van der Waals surface area contributed by atoms with Gasteiger partial charge < -0.3 is 14.3 Å². The zero-order valence-corrected chi connectivity index (χ0v) is 15.1. The quantitative estimate of drug-likeness (QED) is 0.766. The van der Waals surface area contributed by atoms with Gasteiger partial charge in [0.1, 0.15) is 11.3 Å². The molecule has 1 aliphatic heterocycles. The topological polar surface area (TPSA) is 75.0 Å². The lowest BCUT2D eigenvalue weighted by atomic mass is 9.74. The second-order valence-corrected chi connectivity index (χ2v) is 7.82. The maximum Gasteiger partial charge on any atom is 0.224 e. The predicted molar refractivity (Wildman–Crippen MR) is 96.3 cm³/mol. The Balaban J connectivity index is 1.51. The molecule has 1 saturated carbocycles. The van der Waals surface area contributed by atoms with Crippen molar-refractivity contribution in [2.24, 2.45) is 11.8 Å². The van der Waals surface area contributed by atoms with E-state index in [1.807, 2.05) is 4.90 Å². The molecule has 1 aromatic carbocycles. The predicted octanol–water partition coefficient (Wildman–Crippen LogP) is 3.60. The molecule has 1 fully saturated rings. The van der Waals surface area contributed by atoms with E-state index >= 15 is 0 Å². The molecule has 140 valence electrons. The minimum absolute atomic E-state index is 0.110. The van der Waals surface area contributed by atoms with Crippen LogP contribution in [-0.4, -0.2) is 32.3 Å². The van der Waals surface area contributed by atoms with Crippen LogP contribution in [0.1, 0.15) is 49.5 Å². The molecular weight excluding hydrogens is 347 g/mol. The van der Waals surface area contributed by atoms with E-state index in [9.17, 15) is 9.18 Å². The van der Waals surface area contributed by atoms with E-state index in [4.69, 9.17) is 4.42 Å². The lowest BCUT2D eigenvalue weighted by Crippen LogP contribution is -2.42. The van der Waals surface area contributed by atoms with Gasteiger partial charge in [0.25, 0.3) is 0 Å². The summed E-state index contributed by atoms with van der Waals surface area (Å²) < 4.78 is 19.4. The summed E-state index contributed by atoms with van der Waals surface area (Å²) in [7, 11) is 0. The molecular formula is C20H21FN4O2. The van der Waals surface area contributed by atoms with E-state index in [0.717, 1.165) is 30.7 Å². The van der Waals surface area contributed by atoms with Crippen molar-refractivity contribution in [1.82, 2.24) is 19.9 Å². The fourth-order valence-corrected chi connectivity index (χ4v) is 4.43. The molecule has 27 heavy (non-hydrogen) atoms. The van der Waals surface area contributed by atoms with Gasteiger partial charge in [0.15, 0.2) is 11.6 Å². The molecule has 0 bridgehead atoms. The molecule has 6 nitrogen and oxygen atoms in total. The van der Waals surface area contributed by atoms with Gasteiger partial charge in [0.2, 0.25) is 11.8 Å². The Hall–Kier alpha value is -2.70. The first-order valence-electron chi connectivity index (χ1n) is 9.46. The number of nitrogens with one attached hydrogen (secondary N) is 1. The summed E-state index contributed by atoms with van der Waals surface area (Å²) in [6.45, 7) is 2.81. The summed E-state index contributed by atoms with van der Waals surface area (Å²) in [5.41, 5.74) is 2.72. The summed E-state index contributed by atoms with van der Waals surface area (Å²) >= 11 is 0. The highest BCUT2D eigenvalue weighted by atomic mass is 19.1. The summed E-state index contributed by atoms with van der Waals surface area (Å²) in [4.78, 5) is 26.9. The molecule has 3 aromatic rings. The van der Waals surface area contributed by atoms with E-state index in [2.05, 4.69) is 21.9 Å². The van der Waals surface area contributed by atoms with Crippen LogP contribution in [0.25, 0.3) is 11.1 Å². The minimum atomic E-state index is -0.472. The third-order valence-corrected chi connectivity index (χ3v) is 5.78. The Labute approximate surface area is 155 Å². The number of benzene rings is 1. The van der Waals surface area contributed by atoms with Gasteiger partial charge in [0, 0.05) is 31.1 Å². The van der Waals surface area contributed by atoms with Crippen LogP contribution in [0.3, 0.4) is 0 Å². The summed E-state index contributed by atoms with van der Waals surface area (Å²) in [5.74, 6) is 1.31. The van der Waals surface area contributed by atoms with Gasteiger partial charge in [0.05, 0.1) is 12.0 Å². The van der Waals surface area contributed by atoms with E-state index in [1.165, 1.54) is 12.1 Å². The number of carbonyl (C=O) groups excluding carboxylic acids is 1. The monoisotopic (exact) mass is 368 g/mol. The maximum absolute atomic E-state index is 13.5. The van der Waals surface area contributed by atoms with Crippen LogP contribution in [0.4, 0.5) is 4.39 Å². The van der Waals surface area contributed by atoms with Crippen molar-refractivity contribution in [3.63, 3.8) is 0 Å². The molecule has 0 saturated heterocycles. The van der Waals surface area contributed by atoms with Crippen LogP contribution < -0.4 is 0 Å². The number of carbonyl (C=O) groups is 1. The second kappa shape index (κ2) is 6.18. The van der Waals surface area contributed by atoms with Crippen molar-refractivity contribution >= 4 is 17.0 Å². The molecule has 0 spiro atoms. The molecule has 1 aliphatic carbocycles. The van der Waals surface area contributed by atoms with E-state index in [-0.39, 0.29) is 11.7 Å². The number of oxazole rings is 1. The summed E-state index contributed by atoms with van der Waals surface area (Å²) in [5, 5.41) is 0. The Kier molecular flexibility index (Phi) is 3.77. The van der Waals surface area contributed by atoms with Crippen LogP contribution in [0.15, 0.2) is 28.9 Å². The van der Waals surface area contributed by atoms with Crippen molar-refractivity contribution < 1.29 is 13.6 Å². The first kappa shape index (κ1) is 16.5. The molecule has 1 amide bonds. The molecule has 0 radical (unpaired) electrons. The zero-order valence-electron chi connectivity index (χ0n) is 15.1. The van der Waals surface area contributed by atoms with Crippen molar-refractivity contribution in [1.29, 1.82) is 0 Å². The Morgan fingerprint density at radius 1 is 1.41 bits per heavy atom. The zero-order chi connectivity index (χ0) is 18.5. The van der Waals surface area contributed by atoms with Crippen molar-refractivity contribution in [2.45, 2.75) is 38.6 Å². The number of hydrogen-bond donors (Lipinski definition) is 1. The lowest BCUT2D eigenvalue weighted by molar-refractivity contribution is -0.135. The largest absolute Gasteiger partial charge is 0.438 e. The molecule has 1 N–H and O–H groups in total. The summed E-state index contributed by atoms with van der Waals surface area (Å²) in [6.07, 6.45) is 5.14. The highest BCUT2D eigenvalue weighted by Gasteiger charge is 2.39. The Bertz CT molecular complexity index is 1000. The SMILES string of the molecule is CC1CC(CC(=O)N2CCc3[nH]cnc3[C@H]2c2nc3cc(F)ccc3o2)C1. The molecule has 2 aliphatic rings. The van der Waals surface area contributed by atoms with Crippen LogP contribution in [-0.2, 0) is 11.2 Å². The Morgan fingerprint density at radius 3 is 3.07 bits per heavy atom. The second-order valence-electron chi connectivity index (χ2n) is 7.82. The van der Waals surface area contributed by atoms with E-state index in [1.54, 1.807) is 12.4 Å². The molecule has 5 rings (SSSR count). The number of hydrogen-bond acceptors (Lipinski definition) is 4.